The number of aryl methyl sites for hydroxylation is 1. The average Bonchev–Trinajstić information content (AvgIpc) is 2.59. The topological polar surface area (TPSA) is 94.4 Å². The van der Waals surface area contributed by atoms with Crippen LogP contribution in [0.25, 0.3) is 11.1 Å². The molecule has 1 aromatic carbocycles. The van der Waals surface area contributed by atoms with E-state index in [0.29, 0.717) is 12.0 Å². The second-order valence-corrected chi connectivity index (χ2v) is 5.13. The van der Waals surface area contributed by atoms with Gasteiger partial charge in [-0.15, -0.1) is 0 Å². The molecule has 0 radical (unpaired) electrons. The minimum absolute atomic E-state index is 0.000258. The summed E-state index contributed by atoms with van der Waals surface area (Å²) < 4.78 is 15.6. The van der Waals surface area contributed by atoms with E-state index >= 15 is 0 Å². The lowest BCUT2D eigenvalue weighted by atomic mass is 10.1. The molecule has 0 amide bonds. The van der Waals surface area contributed by atoms with Crippen LogP contribution in [0.1, 0.15) is 18.1 Å². The zero-order valence-electron chi connectivity index (χ0n) is 13.3. The number of ether oxygens (including phenoxy) is 2. The smallest absolute Gasteiger partial charge is 0.337 e. The standard InChI is InChI=1S/C17H16N2O5/c1-3-11-8-13(20)24-16-14(11)15(21)18-17(19-16)23-9-10-4-6-12(22-2)7-5-10/h4-8H,3,9H2,1-2H3,(H,18,19,21). The van der Waals surface area contributed by atoms with Crippen LogP contribution in [0.4, 0.5) is 0 Å². The number of H-pyrrole nitrogens is 1. The first kappa shape index (κ1) is 15.8. The lowest BCUT2D eigenvalue weighted by Gasteiger charge is -2.07. The van der Waals surface area contributed by atoms with Gasteiger partial charge in [0.2, 0.25) is 5.71 Å². The predicted molar refractivity (Wildman–Crippen MR) is 87.6 cm³/mol. The summed E-state index contributed by atoms with van der Waals surface area (Å²) in [5.41, 5.74) is 0.510. The van der Waals surface area contributed by atoms with E-state index in [4.69, 9.17) is 13.9 Å². The van der Waals surface area contributed by atoms with Crippen molar-refractivity contribution in [1.82, 2.24) is 9.97 Å². The lowest BCUT2D eigenvalue weighted by molar-refractivity contribution is 0.279. The number of methoxy groups -OCH3 is 1. The molecule has 7 heteroatoms. The van der Waals surface area contributed by atoms with E-state index < -0.39 is 11.2 Å². The fourth-order valence-electron chi connectivity index (χ4n) is 2.35. The molecule has 0 aliphatic heterocycles. The number of rotatable bonds is 5. The molecule has 0 bridgehead atoms. The molecule has 0 saturated carbocycles. The number of fused-ring (bicyclic) bond motifs is 1. The Morgan fingerprint density at radius 3 is 2.62 bits per heavy atom. The van der Waals surface area contributed by atoms with Crippen LogP contribution in [0.3, 0.4) is 0 Å². The van der Waals surface area contributed by atoms with Crippen molar-refractivity contribution in [2.24, 2.45) is 0 Å². The van der Waals surface area contributed by atoms with Crippen molar-refractivity contribution < 1.29 is 13.9 Å². The molecule has 124 valence electrons. The molecule has 0 aliphatic rings. The third-order valence-electron chi connectivity index (χ3n) is 3.59. The van der Waals surface area contributed by atoms with E-state index in [1.54, 1.807) is 7.11 Å². The number of benzene rings is 1. The van der Waals surface area contributed by atoms with Crippen LogP contribution in [0, 0.1) is 0 Å². The number of nitrogens with one attached hydrogen (secondary N) is 1. The Labute approximate surface area is 136 Å². The number of hydrogen-bond acceptors (Lipinski definition) is 6. The van der Waals surface area contributed by atoms with Crippen molar-refractivity contribution >= 4 is 11.1 Å². The monoisotopic (exact) mass is 328 g/mol. The van der Waals surface area contributed by atoms with Gasteiger partial charge in [-0.3, -0.25) is 9.78 Å². The van der Waals surface area contributed by atoms with E-state index in [2.05, 4.69) is 9.97 Å². The molecule has 2 aromatic heterocycles. The summed E-state index contributed by atoms with van der Waals surface area (Å²) in [5, 5.41) is 0.272. The highest BCUT2D eigenvalue weighted by atomic mass is 16.5. The Morgan fingerprint density at radius 2 is 1.96 bits per heavy atom. The molecule has 24 heavy (non-hydrogen) atoms. The van der Waals surface area contributed by atoms with Gasteiger partial charge in [-0.05, 0) is 29.7 Å². The molecular formula is C17H16N2O5. The molecule has 0 atom stereocenters. The van der Waals surface area contributed by atoms with Gasteiger partial charge in [-0.25, -0.2) is 4.79 Å². The maximum absolute atomic E-state index is 12.2. The summed E-state index contributed by atoms with van der Waals surface area (Å²) in [6.45, 7) is 2.05. The maximum Gasteiger partial charge on any atom is 0.337 e. The summed E-state index contributed by atoms with van der Waals surface area (Å²) >= 11 is 0. The van der Waals surface area contributed by atoms with E-state index in [0.717, 1.165) is 11.3 Å². The summed E-state index contributed by atoms with van der Waals surface area (Å²) in [5.74, 6) is 0.741. The Morgan fingerprint density at radius 1 is 1.21 bits per heavy atom. The van der Waals surface area contributed by atoms with E-state index in [1.807, 2.05) is 31.2 Å². The molecule has 1 N–H and O–H groups in total. The molecule has 0 fully saturated rings. The van der Waals surface area contributed by atoms with Crippen LogP contribution >= 0.6 is 0 Å². The first-order valence-corrected chi connectivity index (χ1v) is 7.43. The third-order valence-corrected chi connectivity index (χ3v) is 3.59. The van der Waals surface area contributed by atoms with Gasteiger partial charge in [0, 0.05) is 6.07 Å². The van der Waals surface area contributed by atoms with Gasteiger partial charge in [0.25, 0.3) is 11.6 Å². The molecule has 0 saturated heterocycles. The van der Waals surface area contributed by atoms with Gasteiger partial charge < -0.3 is 13.9 Å². The molecule has 0 spiro atoms. The molecule has 3 rings (SSSR count). The number of nitrogens with zero attached hydrogens (tertiary/aromatic N) is 1. The van der Waals surface area contributed by atoms with Crippen LogP contribution in [0.5, 0.6) is 11.8 Å². The van der Waals surface area contributed by atoms with E-state index in [-0.39, 0.29) is 23.7 Å². The van der Waals surface area contributed by atoms with Crippen molar-refractivity contribution in [3.8, 4) is 11.8 Å². The van der Waals surface area contributed by atoms with Gasteiger partial charge in [0.15, 0.2) is 0 Å². The average molecular weight is 328 g/mol. The molecule has 0 unspecified atom stereocenters. The van der Waals surface area contributed by atoms with Gasteiger partial charge in [0.05, 0.1) is 7.11 Å². The Bertz CT molecular complexity index is 973. The third kappa shape index (κ3) is 3.15. The van der Waals surface area contributed by atoms with Crippen molar-refractivity contribution in [2.75, 3.05) is 7.11 Å². The van der Waals surface area contributed by atoms with Gasteiger partial charge in [-0.1, -0.05) is 19.1 Å². The highest BCUT2D eigenvalue weighted by molar-refractivity contribution is 5.75. The molecule has 2 heterocycles. The fraction of sp³-hybridized carbons (Fsp3) is 0.235. The lowest BCUT2D eigenvalue weighted by Crippen LogP contribution is -2.15. The second-order valence-electron chi connectivity index (χ2n) is 5.13. The normalized spacial score (nSPS) is 10.8. The number of aromatic amines is 1. The quantitative estimate of drug-likeness (QED) is 0.770. The van der Waals surface area contributed by atoms with Gasteiger partial charge in [-0.2, -0.15) is 4.98 Å². The van der Waals surface area contributed by atoms with E-state index in [9.17, 15) is 9.59 Å². The highest BCUT2D eigenvalue weighted by Crippen LogP contribution is 2.15. The van der Waals surface area contributed by atoms with Crippen LogP contribution in [-0.2, 0) is 13.0 Å². The van der Waals surface area contributed by atoms with Gasteiger partial charge in [0.1, 0.15) is 17.7 Å². The molecule has 7 nitrogen and oxygen atoms in total. The minimum atomic E-state index is -0.543. The summed E-state index contributed by atoms with van der Waals surface area (Å²) in [6.07, 6.45) is 0.527. The van der Waals surface area contributed by atoms with E-state index in [1.165, 1.54) is 6.07 Å². The van der Waals surface area contributed by atoms with Crippen molar-refractivity contribution in [3.63, 3.8) is 0 Å². The summed E-state index contributed by atoms with van der Waals surface area (Å²) in [7, 11) is 1.59. The molecular weight excluding hydrogens is 312 g/mol. The largest absolute Gasteiger partial charge is 0.497 e. The molecule has 3 aromatic rings. The predicted octanol–water partition coefficient (Wildman–Crippen LogP) is 2.03. The highest BCUT2D eigenvalue weighted by Gasteiger charge is 2.12. The van der Waals surface area contributed by atoms with Crippen LogP contribution in [-0.4, -0.2) is 17.1 Å². The summed E-state index contributed by atoms with van der Waals surface area (Å²) in [6, 6.07) is 8.60. The first-order valence-electron chi connectivity index (χ1n) is 7.43. The fourth-order valence-corrected chi connectivity index (χ4v) is 2.35. The minimum Gasteiger partial charge on any atom is -0.497 e. The van der Waals surface area contributed by atoms with Gasteiger partial charge >= 0.3 is 5.63 Å². The maximum atomic E-state index is 12.2. The van der Waals surface area contributed by atoms with Crippen LogP contribution in [0.2, 0.25) is 0 Å². The zero-order valence-corrected chi connectivity index (χ0v) is 13.3. The van der Waals surface area contributed by atoms with Crippen LogP contribution in [0.15, 0.2) is 44.3 Å². The van der Waals surface area contributed by atoms with Crippen molar-refractivity contribution in [1.29, 1.82) is 0 Å². The second kappa shape index (κ2) is 6.57. The Kier molecular flexibility index (Phi) is 4.33. The first-order chi connectivity index (χ1) is 11.6. The number of hydrogen-bond donors (Lipinski definition) is 1. The Balaban J connectivity index is 1.90. The SMILES string of the molecule is CCc1cc(=O)oc2nc(OCc3ccc(OC)cc3)[nH]c(=O)c12. The van der Waals surface area contributed by atoms with Crippen molar-refractivity contribution in [2.45, 2.75) is 20.0 Å². The Hall–Kier alpha value is -3.09. The number of aromatic nitrogens is 2. The van der Waals surface area contributed by atoms with Crippen LogP contribution < -0.4 is 20.7 Å². The van der Waals surface area contributed by atoms with Crippen molar-refractivity contribution in [3.05, 3.63) is 62.2 Å². The zero-order chi connectivity index (χ0) is 17.1. The molecule has 0 aliphatic carbocycles. The summed E-state index contributed by atoms with van der Waals surface area (Å²) in [4.78, 5) is 30.4.